The molecule has 17 heteroatoms. The Balaban J connectivity index is 2.19. The number of thioether (sulfide) groups is 1. The number of carboxylic acid groups (broad SMARTS) is 1. The van der Waals surface area contributed by atoms with Crippen molar-refractivity contribution < 1.29 is 69.7 Å². The van der Waals surface area contributed by atoms with E-state index in [1.54, 1.807) is 0 Å². The van der Waals surface area contributed by atoms with E-state index in [9.17, 15) is 50.8 Å². The van der Waals surface area contributed by atoms with Gasteiger partial charge >= 0.3 is 5.97 Å². The number of aliphatic hydroxyl groups excluding tert-OH is 8. The molecule has 9 N–H and O–H groups in total. The van der Waals surface area contributed by atoms with Gasteiger partial charge in [0.2, 0.25) is 0 Å². The maximum atomic E-state index is 12.3. The van der Waals surface area contributed by atoms with E-state index in [0.29, 0.717) is 24.5 Å². The van der Waals surface area contributed by atoms with Crippen molar-refractivity contribution in [1.29, 1.82) is 0 Å². The monoisotopic (exact) mass is 589 g/mol. The number of carboxylic acids is 1. The van der Waals surface area contributed by atoms with Gasteiger partial charge in [-0.15, -0.1) is 0 Å². The van der Waals surface area contributed by atoms with E-state index in [-0.39, 0.29) is 6.61 Å². The van der Waals surface area contributed by atoms with Crippen LogP contribution in [0.1, 0.15) is 12.8 Å². The molecule has 2 heterocycles. The van der Waals surface area contributed by atoms with E-state index in [4.69, 9.17) is 18.9 Å². The summed E-state index contributed by atoms with van der Waals surface area (Å²) >= 11 is 6.00. The molecule has 0 aromatic rings. The van der Waals surface area contributed by atoms with Gasteiger partial charge in [-0.25, -0.2) is 9.79 Å². The Kier molecular flexibility index (Phi) is 13.9. The van der Waals surface area contributed by atoms with Gasteiger partial charge in [-0.05, 0) is 24.4 Å². The van der Waals surface area contributed by atoms with E-state index in [1.807, 2.05) is 0 Å². The molecule has 2 aliphatic heterocycles. The van der Waals surface area contributed by atoms with Gasteiger partial charge in [0.25, 0.3) is 5.79 Å². The third kappa shape index (κ3) is 8.33. The van der Waals surface area contributed by atoms with Crippen LogP contribution in [-0.4, -0.2) is 162 Å². The molecule has 2 saturated heterocycles. The summed E-state index contributed by atoms with van der Waals surface area (Å²) in [5.41, 5.74) is 0. The van der Waals surface area contributed by atoms with Crippen LogP contribution >= 0.6 is 24.0 Å². The molecule has 0 aromatic carbocycles. The predicted octanol–water partition coefficient (Wildman–Crippen LogP) is -3.94. The molecule has 0 saturated carbocycles. The average Bonchev–Trinajstić information content (AvgIpc) is 2.90. The Labute approximate surface area is 227 Å². The molecule has 2 rings (SSSR count). The Morgan fingerprint density at radius 2 is 1.71 bits per heavy atom. The summed E-state index contributed by atoms with van der Waals surface area (Å²) in [6.45, 7) is -1.41. The predicted molar refractivity (Wildman–Crippen MR) is 131 cm³/mol. The van der Waals surface area contributed by atoms with E-state index in [0.717, 1.165) is 0 Å². The standard InChI is InChI=1S/C21H35NO14S2/c23-7-10(25)17-15(29)14(28)16(30)19(35-17)34-12-6-21(20(31)32,36-18(13(12)27)11(26)8-24)33-3-1-4-38-5-2-22-9-37/h10-19,23-30H,1-8H2,(H,31,32)/t10-,11+,12+,13+,14-,15-,16-,17+,18+,19-,21+/m0/s1. The number of rotatable bonds is 15. The first-order valence-electron chi connectivity index (χ1n) is 11.8. The van der Waals surface area contributed by atoms with Crippen LogP contribution in [0.25, 0.3) is 0 Å². The van der Waals surface area contributed by atoms with Gasteiger partial charge in [-0.3, -0.25) is 0 Å². The number of thiocarbonyl (C=S) groups is 1. The second kappa shape index (κ2) is 15.8. The molecule has 0 radical (unpaired) electrons. The van der Waals surface area contributed by atoms with Crippen LogP contribution in [0.4, 0.5) is 0 Å². The van der Waals surface area contributed by atoms with Crippen molar-refractivity contribution in [2.24, 2.45) is 4.99 Å². The second-order valence-electron chi connectivity index (χ2n) is 8.74. The lowest BCUT2D eigenvalue weighted by molar-refractivity contribution is -0.364. The average molecular weight is 590 g/mol. The zero-order valence-electron chi connectivity index (χ0n) is 20.3. The van der Waals surface area contributed by atoms with Crippen molar-refractivity contribution in [3.05, 3.63) is 0 Å². The zero-order chi connectivity index (χ0) is 28.5. The Morgan fingerprint density at radius 1 is 1.05 bits per heavy atom. The first-order chi connectivity index (χ1) is 18.0. The number of carbonyl (C=O) groups is 1. The minimum absolute atomic E-state index is 0.112. The van der Waals surface area contributed by atoms with Crippen molar-refractivity contribution >= 4 is 35.1 Å². The number of aliphatic imine (C=N–C) groups is 1. The van der Waals surface area contributed by atoms with Gasteiger partial charge in [-0.2, -0.15) is 11.8 Å². The molecule has 0 bridgehead atoms. The number of aliphatic hydroxyl groups is 8. The van der Waals surface area contributed by atoms with Crippen molar-refractivity contribution in [1.82, 2.24) is 0 Å². The molecule has 15 nitrogen and oxygen atoms in total. The lowest BCUT2D eigenvalue weighted by atomic mass is 9.91. The number of isothiocyanates is 1. The van der Waals surface area contributed by atoms with E-state index >= 15 is 0 Å². The number of ether oxygens (including phenoxy) is 4. The molecule has 0 unspecified atom stereocenters. The molecule has 38 heavy (non-hydrogen) atoms. The smallest absolute Gasteiger partial charge is 0.364 e. The van der Waals surface area contributed by atoms with E-state index < -0.39 is 92.6 Å². The van der Waals surface area contributed by atoms with Crippen LogP contribution in [-0.2, 0) is 23.7 Å². The van der Waals surface area contributed by atoms with Crippen LogP contribution < -0.4 is 0 Å². The molecule has 0 aromatic heterocycles. The van der Waals surface area contributed by atoms with Gasteiger partial charge in [0, 0.05) is 12.2 Å². The Bertz CT molecular complexity index is 791. The molecule has 0 aliphatic carbocycles. The van der Waals surface area contributed by atoms with Gasteiger partial charge in [0.1, 0.15) is 48.8 Å². The number of hydrogen-bond donors (Lipinski definition) is 9. The molecular formula is C21H35NO14S2. The van der Waals surface area contributed by atoms with Crippen LogP contribution in [0.2, 0.25) is 0 Å². The highest BCUT2D eigenvalue weighted by atomic mass is 32.2. The summed E-state index contributed by atoms with van der Waals surface area (Å²) < 4.78 is 21.9. The fourth-order valence-electron chi connectivity index (χ4n) is 4.00. The normalized spacial score (nSPS) is 37.3. The highest BCUT2D eigenvalue weighted by Gasteiger charge is 2.57. The topological polar surface area (TPSA) is 248 Å². The first-order valence-corrected chi connectivity index (χ1v) is 13.4. The maximum absolute atomic E-state index is 12.3. The SMILES string of the molecule is O=C(O)[C@@]1(OCCCSCCN=C=S)C[C@@H](O[C@H]2O[C@H]([C@@H](O)CO)[C@@H](O)[C@H](O)[C@@H]2O)[C@@H](O)[C@@H]([C@H](O)CO)O1. The minimum atomic E-state index is -2.45. The van der Waals surface area contributed by atoms with Crippen molar-refractivity contribution in [2.75, 3.05) is 37.9 Å². The maximum Gasteiger partial charge on any atom is 0.364 e. The van der Waals surface area contributed by atoms with Crippen molar-refractivity contribution in [3.63, 3.8) is 0 Å². The van der Waals surface area contributed by atoms with Gasteiger partial charge in [0.15, 0.2) is 6.29 Å². The highest BCUT2D eigenvalue weighted by molar-refractivity contribution is 7.99. The Morgan fingerprint density at radius 3 is 2.32 bits per heavy atom. The van der Waals surface area contributed by atoms with Crippen LogP contribution in [0.15, 0.2) is 4.99 Å². The van der Waals surface area contributed by atoms with Crippen molar-refractivity contribution in [2.45, 2.75) is 79.9 Å². The molecule has 0 amide bonds. The van der Waals surface area contributed by atoms with Crippen molar-refractivity contribution in [3.8, 4) is 0 Å². The third-order valence-electron chi connectivity index (χ3n) is 6.07. The molecule has 2 aliphatic rings. The van der Waals surface area contributed by atoms with E-state index in [2.05, 4.69) is 22.4 Å². The van der Waals surface area contributed by atoms with Crippen LogP contribution in [0, 0.1) is 0 Å². The molecular weight excluding hydrogens is 554 g/mol. The largest absolute Gasteiger partial charge is 0.477 e. The summed E-state index contributed by atoms with van der Waals surface area (Å²) in [5, 5.41) is 92.4. The molecule has 0 spiro atoms. The fourth-order valence-corrected chi connectivity index (χ4v) is 4.84. The quantitative estimate of drug-likeness (QED) is 0.0502. The molecule has 2 fully saturated rings. The Hall–Kier alpha value is -0.860. The highest BCUT2D eigenvalue weighted by Crippen LogP contribution is 2.36. The lowest BCUT2D eigenvalue weighted by Gasteiger charge is -2.48. The van der Waals surface area contributed by atoms with Gasteiger partial charge < -0.3 is 64.9 Å². The van der Waals surface area contributed by atoms with E-state index in [1.165, 1.54) is 11.8 Å². The number of aliphatic carboxylic acids is 1. The first kappa shape index (κ1) is 33.3. The summed E-state index contributed by atoms with van der Waals surface area (Å²) in [6.07, 6.45) is -17.8. The lowest BCUT2D eigenvalue weighted by Crippen LogP contribution is -2.66. The van der Waals surface area contributed by atoms with Crippen LogP contribution in [0.3, 0.4) is 0 Å². The zero-order valence-corrected chi connectivity index (χ0v) is 21.9. The summed E-state index contributed by atoms with van der Waals surface area (Å²) in [4.78, 5) is 16.1. The second-order valence-corrected chi connectivity index (χ2v) is 10.1. The number of hydrogen-bond acceptors (Lipinski definition) is 16. The summed E-state index contributed by atoms with van der Waals surface area (Å²) in [6, 6.07) is 0. The summed E-state index contributed by atoms with van der Waals surface area (Å²) in [5.74, 6) is -2.83. The third-order valence-corrected chi connectivity index (χ3v) is 7.25. The van der Waals surface area contributed by atoms with Gasteiger partial charge in [-0.1, -0.05) is 0 Å². The van der Waals surface area contributed by atoms with Gasteiger partial charge in [0.05, 0.1) is 37.6 Å². The molecule has 11 atom stereocenters. The van der Waals surface area contributed by atoms with Crippen LogP contribution in [0.5, 0.6) is 0 Å². The fraction of sp³-hybridized carbons (Fsp3) is 0.905. The molecule has 220 valence electrons. The minimum Gasteiger partial charge on any atom is -0.477 e. The number of nitrogens with zero attached hydrogens (tertiary/aromatic N) is 1. The summed E-state index contributed by atoms with van der Waals surface area (Å²) in [7, 11) is 0.